The average molecular weight is 469 g/mol. The lowest BCUT2D eigenvalue weighted by atomic mass is 9.61. The quantitative estimate of drug-likeness (QED) is 0.339. The Morgan fingerprint density at radius 1 is 1.21 bits per heavy atom. The van der Waals surface area contributed by atoms with E-state index in [1.165, 1.54) is 32.1 Å². The van der Waals surface area contributed by atoms with E-state index in [0.717, 1.165) is 23.5 Å². The highest BCUT2D eigenvalue weighted by molar-refractivity contribution is 6.87. The fraction of sp³-hybridized carbons (Fsp3) is 0.733. The summed E-state index contributed by atoms with van der Waals surface area (Å²) >= 11 is 0. The van der Waals surface area contributed by atoms with Gasteiger partial charge in [-0.2, -0.15) is 0 Å². The average Bonchev–Trinajstić information content (AvgIpc) is 3.06. The maximum atomic E-state index is 10.2. The van der Waals surface area contributed by atoms with Crippen LogP contribution in [-0.2, 0) is 0 Å². The first-order valence-electron chi connectivity index (χ1n) is 13.2. The highest BCUT2D eigenvalue weighted by atomic mass is 28.3. The van der Waals surface area contributed by atoms with Crippen LogP contribution in [-0.4, -0.2) is 30.5 Å². The van der Waals surface area contributed by atoms with Gasteiger partial charge in [0.1, 0.15) is 8.07 Å². The van der Waals surface area contributed by atoms with Crippen LogP contribution < -0.4 is 0 Å². The van der Waals surface area contributed by atoms with Crippen molar-refractivity contribution >= 4 is 8.07 Å². The number of fused-ring (bicyclic) bond motifs is 1. The molecule has 2 N–H and O–H groups in total. The molecule has 3 aliphatic carbocycles. The van der Waals surface area contributed by atoms with Crippen LogP contribution >= 0.6 is 0 Å². The van der Waals surface area contributed by atoms with Gasteiger partial charge in [0.15, 0.2) is 0 Å². The highest BCUT2D eigenvalue weighted by Crippen LogP contribution is 2.59. The van der Waals surface area contributed by atoms with E-state index in [2.05, 4.69) is 77.9 Å². The SMILES string of the molecule is C=C1/C(=C\C=C2/CCC[C@]3(C)[C@@H](C(C)CC#C[Si](C)(C)C(C)(C)C)CC[C@@H]23)C[C@@H](O)C[C@@H]1O. The van der Waals surface area contributed by atoms with Gasteiger partial charge in [-0.1, -0.05) is 72.0 Å². The Hall–Kier alpha value is -1.08. The van der Waals surface area contributed by atoms with E-state index < -0.39 is 20.3 Å². The van der Waals surface area contributed by atoms with Crippen LogP contribution in [0.2, 0.25) is 18.1 Å². The Balaban J connectivity index is 1.74. The molecule has 33 heavy (non-hydrogen) atoms. The molecule has 3 saturated carbocycles. The van der Waals surface area contributed by atoms with Crippen LogP contribution in [0.4, 0.5) is 0 Å². The van der Waals surface area contributed by atoms with Crippen molar-refractivity contribution in [1.29, 1.82) is 0 Å². The summed E-state index contributed by atoms with van der Waals surface area (Å²) in [5, 5.41) is 20.6. The van der Waals surface area contributed by atoms with Crippen LogP contribution in [0.15, 0.2) is 35.5 Å². The number of aliphatic hydroxyl groups is 2. The molecule has 0 aromatic heterocycles. The third-order valence-corrected chi connectivity index (χ3v) is 14.2. The first kappa shape index (κ1) is 26.5. The number of hydrogen-bond acceptors (Lipinski definition) is 2. The zero-order chi connectivity index (χ0) is 24.6. The lowest BCUT2D eigenvalue weighted by molar-refractivity contribution is 0.0862. The first-order chi connectivity index (χ1) is 15.3. The summed E-state index contributed by atoms with van der Waals surface area (Å²) in [6.45, 7) is 20.9. The highest BCUT2D eigenvalue weighted by Gasteiger charge is 2.50. The van der Waals surface area contributed by atoms with Crippen molar-refractivity contribution in [3.63, 3.8) is 0 Å². The first-order valence-corrected chi connectivity index (χ1v) is 16.2. The maximum absolute atomic E-state index is 10.2. The largest absolute Gasteiger partial charge is 0.393 e. The molecule has 184 valence electrons. The molecule has 6 atom stereocenters. The van der Waals surface area contributed by atoms with Gasteiger partial charge in [0.2, 0.25) is 0 Å². The van der Waals surface area contributed by atoms with E-state index in [1.807, 2.05) is 0 Å². The summed E-state index contributed by atoms with van der Waals surface area (Å²) in [7, 11) is -1.54. The molecular weight excluding hydrogens is 420 g/mol. The topological polar surface area (TPSA) is 40.5 Å². The van der Waals surface area contributed by atoms with Crippen molar-refractivity contribution in [1.82, 2.24) is 0 Å². The minimum absolute atomic E-state index is 0.320. The molecule has 0 heterocycles. The Labute approximate surface area is 204 Å². The van der Waals surface area contributed by atoms with E-state index in [0.29, 0.717) is 35.1 Å². The van der Waals surface area contributed by atoms with Gasteiger partial charge < -0.3 is 10.2 Å². The van der Waals surface area contributed by atoms with E-state index >= 15 is 0 Å². The summed E-state index contributed by atoms with van der Waals surface area (Å²) in [5.41, 5.74) is 7.47. The summed E-state index contributed by atoms with van der Waals surface area (Å²) in [6.07, 6.45) is 11.8. The standard InChI is InChI=1S/C30H48O2Si/c1-21(11-10-18-33(7,8)29(3,4)5)26-15-16-27-23(12-9-17-30(26,27)6)13-14-24-19-25(31)20-28(32)22(24)2/h13-14,21,25-28,31-32H,2,9,11-12,15-17,19-20H2,1,3-8H3/b23-13+,24-14-/t21?,25-,26-,27+,28+,30-/m1/s1. The Kier molecular flexibility index (Phi) is 7.94. The summed E-state index contributed by atoms with van der Waals surface area (Å²) < 4.78 is 0. The van der Waals surface area contributed by atoms with Crippen LogP contribution in [0.25, 0.3) is 0 Å². The number of rotatable bonds is 3. The van der Waals surface area contributed by atoms with Crippen molar-refractivity contribution < 1.29 is 10.2 Å². The third-order valence-electron chi connectivity index (χ3n) is 9.69. The van der Waals surface area contributed by atoms with Crippen LogP contribution in [0.1, 0.15) is 86.0 Å². The summed E-state index contributed by atoms with van der Waals surface area (Å²) in [5.74, 6) is 5.67. The van der Waals surface area contributed by atoms with Gasteiger partial charge in [-0.3, -0.25) is 0 Å². The van der Waals surface area contributed by atoms with Crippen molar-refractivity contribution in [2.75, 3.05) is 0 Å². The maximum Gasteiger partial charge on any atom is 0.137 e. The Morgan fingerprint density at radius 3 is 2.58 bits per heavy atom. The van der Waals surface area contributed by atoms with Crippen molar-refractivity contribution in [2.45, 2.75) is 116 Å². The van der Waals surface area contributed by atoms with E-state index in [4.69, 9.17) is 0 Å². The second kappa shape index (κ2) is 9.88. The minimum Gasteiger partial charge on any atom is -0.393 e. The predicted molar refractivity (Wildman–Crippen MR) is 143 cm³/mol. The lowest BCUT2D eigenvalue weighted by Gasteiger charge is -2.44. The molecule has 0 radical (unpaired) electrons. The molecule has 3 rings (SSSR count). The fourth-order valence-electron chi connectivity index (χ4n) is 6.44. The fourth-order valence-corrected chi connectivity index (χ4v) is 7.36. The van der Waals surface area contributed by atoms with Gasteiger partial charge in [-0.25, -0.2) is 0 Å². The zero-order valence-corrected chi connectivity index (χ0v) is 23.3. The van der Waals surface area contributed by atoms with Gasteiger partial charge in [0.05, 0.1) is 12.2 Å². The Morgan fingerprint density at radius 2 is 1.91 bits per heavy atom. The molecule has 3 heteroatoms. The normalized spacial score (nSPS) is 36.5. The lowest BCUT2D eigenvalue weighted by Crippen LogP contribution is -2.36. The van der Waals surface area contributed by atoms with E-state index in [-0.39, 0.29) is 0 Å². The summed E-state index contributed by atoms with van der Waals surface area (Å²) in [6, 6.07) is 0. The monoisotopic (exact) mass is 468 g/mol. The molecule has 3 fully saturated rings. The molecule has 0 aliphatic heterocycles. The molecule has 2 nitrogen and oxygen atoms in total. The van der Waals surface area contributed by atoms with Crippen molar-refractivity contribution in [2.24, 2.45) is 23.2 Å². The van der Waals surface area contributed by atoms with Gasteiger partial charge >= 0.3 is 0 Å². The number of allylic oxidation sites excluding steroid dienone is 3. The van der Waals surface area contributed by atoms with Gasteiger partial charge in [-0.05, 0) is 77.9 Å². The van der Waals surface area contributed by atoms with Gasteiger partial charge in [-0.15, -0.1) is 11.5 Å². The predicted octanol–water partition coefficient (Wildman–Crippen LogP) is 7.20. The van der Waals surface area contributed by atoms with Crippen LogP contribution in [0.5, 0.6) is 0 Å². The number of aliphatic hydroxyl groups excluding tert-OH is 2. The molecule has 0 bridgehead atoms. The van der Waals surface area contributed by atoms with Gasteiger partial charge in [0.25, 0.3) is 0 Å². The van der Waals surface area contributed by atoms with Crippen LogP contribution in [0, 0.1) is 34.6 Å². The second-order valence-corrected chi connectivity index (χ2v) is 18.0. The van der Waals surface area contributed by atoms with Crippen molar-refractivity contribution in [3.8, 4) is 11.5 Å². The molecule has 1 unspecified atom stereocenters. The van der Waals surface area contributed by atoms with E-state index in [9.17, 15) is 10.2 Å². The third kappa shape index (κ3) is 5.60. The zero-order valence-electron chi connectivity index (χ0n) is 22.3. The molecule has 0 amide bonds. The van der Waals surface area contributed by atoms with Crippen molar-refractivity contribution in [3.05, 3.63) is 35.5 Å². The molecule has 0 aromatic rings. The molecule has 0 spiro atoms. The molecule has 3 aliphatic rings. The van der Waals surface area contributed by atoms with Gasteiger partial charge in [0, 0.05) is 12.8 Å². The Bertz CT molecular complexity index is 862. The minimum atomic E-state index is -1.54. The van der Waals surface area contributed by atoms with E-state index in [1.54, 1.807) is 5.57 Å². The number of hydrogen-bond donors (Lipinski definition) is 2. The molecular formula is C30H48O2Si. The summed E-state index contributed by atoms with van der Waals surface area (Å²) in [4.78, 5) is 0. The smallest absolute Gasteiger partial charge is 0.137 e. The second-order valence-electron chi connectivity index (χ2n) is 13.0. The molecule has 0 saturated heterocycles. The molecule has 0 aromatic carbocycles. The van der Waals surface area contributed by atoms with Crippen LogP contribution in [0.3, 0.4) is 0 Å².